The molecule has 20 heavy (non-hydrogen) atoms. The highest BCUT2D eigenvalue weighted by Gasteiger charge is 2.08. The van der Waals surface area contributed by atoms with Gasteiger partial charge >= 0.3 is 0 Å². The molecule has 0 N–H and O–H groups in total. The van der Waals surface area contributed by atoms with E-state index in [2.05, 4.69) is 13.8 Å². The summed E-state index contributed by atoms with van der Waals surface area (Å²) in [5, 5.41) is 0. The Morgan fingerprint density at radius 2 is 1.90 bits per heavy atom. The predicted molar refractivity (Wildman–Crippen MR) is 81.3 cm³/mol. The number of benzene rings is 2. The molecular formula is C18H20O2. The molecule has 2 aromatic carbocycles. The second kappa shape index (κ2) is 6.90. The summed E-state index contributed by atoms with van der Waals surface area (Å²) < 4.78 is 5.75. The van der Waals surface area contributed by atoms with Crippen molar-refractivity contribution in [1.82, 2.24) is 0 Å². The third-order valence-electron chi connectivity index (χ3n) is 3.58. The second-order valence-electron chi connectivity index (χ2n) is 5.00. The van der Waals surface area contributed by atoms with E-state index < -0.39 is 0 Å². The van der Waals surface area contributed by atoms with Gasteiger partial charge in [-0.2, -0.15) is 0 Å². The van der Waals surface area contributed by atoms with Gasteiger partial charge in [0.1, 0.15) is 12.4 Å². The number of rotatable bonds is 6. The molecule has 0 aromatic heterocycles. The molecule has 0 saturated carbocycles. The second-order valence-corrected chi connectivity index (χ2v) is 5.00. The number of hydrogen-bond donors (Lipinski definition) is 0. The molecule has 0 radical (unpaired) electrons. The molecule has 104 valence electrons. The number of carbonyl (C=O) groups is 1. The minimum atomic E-state index is 0.455. The van der Waals surface area contributed by atoms with Crippen LogP contribution in [0, 0.1) is 0 Å². The van der Waals surface area contributed by atoms with Crippen LogP contribution >= 0.6 is 0 Å². The maximum Gasteiger partial charge on any atom is 0.153 e. The van der Waals surface area contributed by atoms with Crippen LogP contribution in [-0.4, -0.2) is 6.29 Å². The summed E-state index contributed by atoms with van der Waals surface area (Å²) in [5.74, 6) is 1.10. The largest absolute Gasteiger partial charge is 0.488 e. The topological polar surface area (TPSA) is 26.3 Å². The third kappa shape index (κ3) is 3.47. The fraction of sp³-hybridized carbons (Fsp3) is 0.278. The molecule has 1 unspecified atom stereocenters. The molecular weight excluding hydrogens is 248 g/mol. The maximum absolute atomic E-state index is 11.2. The molecule has 0 heterocycles. The molecule has 2 rings (SSSR count). The van der Waals surface area contributed by atoms with Crippen molar-refractivity contribution in [3.63, 3.8) is 0 Å². The average molecular weight is 268 g/mol. The first-order chi connectivity index (χ1) is 9.74. The Morgan fingerprint density at radius 1 is 1.15 bits per heavy atom. The summed E-state index contributed by atoms with van der Waals surface area (Å²) in [6.45, 7) is 4.78. The molecule has 0 bridgehead atoms. The lowest BCUT2D eigenvalue weighted by atomic mass is 9.97. The van der Waals surface area contributed by atoms with Crippen LogP contribution in [0.5, 0.6) is 5.75 Å². The van der Waals surface area contributed by atoms with Crippen molar-refractivity contribution in [1.29, 1.82) is 0 Å². The minimum absolute atomic E-state index is 0.455. The first-order valence-corrected chi connectivity index (χ1v) is 7.00. The van der Waals surface area contributed by atoms with Crippen molar-refractivity contribution in [3.8, 4) is 5.75 Å². The van der Waals surface area contributed by atoms with Crippen LogP contribution in [-0.2, 0) is 6.61 Å². The lowest BCUT2D eigenvalue weighted by molar-refractivity contribution is 0.111. The number of ether oxygens (including phenoxy) is 1. The van der Waals surface area contributed by atoms with Gasteiger partial charge in [0.05, 0.1) is 5.56 Å². The summed E-state index contributed by atoms with van der Waals surface area (Å²) in [5.41, 5.74) is 2.90. The lowest BCUT2D eigenvalue weighted by Gasteiger charge is -2.13. The Kier molecular flexibility index (Phi) is 4.94. The van der Waals surface area contributed by atoms with Gasteiger partial charge < -0.3 is 4.74 Å². The van der Waals surface area contributed by atoms with E-state index in [-0.39, 0.29) is 0 Å². The lowest BCUT2D eigenvalue weighted by Crippen LogP contribution is -2.00. The molecule has 0 amide bonds. The van der Waals surface area contributed by atoms with Gasteiger partial charge in [-0.1, -0.05) is 50.2 Å². The smallest absolute Gasteiger partial charge is 0.153 e. The zero-order chi connectivity index (χ0) is 14.4. The highest BCUT2D eigenvalue weighted by atomic mass is 16.5. The Labute approximate surface area is 120 Å². The Bertz CT molecular complexity index is 561. The van der Waals surface area contributed by atoms with Crippen molar-refractivity contribution >= 4 is 6.29 Å². The summed E-state index contributed by atoms with van der Waals surface area (Å²) in [6.07, 6.45) is 1.93. The van der Waals surface area contributed by atoms with E-state index in [1.54, 1.807) is 0 Å². The molecule has 0 spiro atoms. The Morgan fingerprint density at radius 3 is 2.55 bits per heavy atom. The quantitative estimate of drug-likeness (QED) is 0.716. The molecule has 0 aliphatic rings. The van der Waals surface area contributed by atoms with E-state index in [1.165, 1.54) is 5.56 Å². The molecule has 1 atom stereocenters. The van der Waals surface area contributed by atoms with Crippen LogP contribution in [0.4, 0.5) is 0 Å². The van der Waals surface area contributed by atoms with Crippen molar-refractivity contribution in [3.05, 3.63) is 65.2 Å². The van der Waals surface area contributed by atoms with Crippen LogP contribution < -0.4 is 4.74 Å². The van der Waals surface area contributed by atoms with E-state index in [0.717, 1.165) is 18.3 Å². The van der Waals surface area contributed by atoms with Crippen molar-refractivity contribution in [2.45, 2.75) is 32.8 Å². The van der Waals surface area contributed by atoms with Gasteiger partial charge in [-0.25, -0.2) is 0 Å². The normalized spacial score (nSPS) is 11.9. The van der Waals surface area contributed by atoms with Crippen molar-refractivity contribution in [2.24, 2.45) is 0 Å². The van der Waals surface area contributed by atoms with E-state index in [9.17, 15) is 4.79 Å². The highest BCUT2D eigenvalue weighted by Crippen LogP contribution is 2.25. The average Bonchev–Trinajstić information content (AvgIpc) is 2.53. The van der Waals surface area contributed by atoms with Gasteiger partial charge in [0.15, 0.2) is 6.29 Å². The van der Waals surface area contributed by atoms with Crippen molar-refractivity contribution in [2.75, 3.05) is 0 Å². The van der Waals surface area contributed by atoms with Crippen LogP contribution in [0.15, 0.2) is 48.5 Å². The first kappa shape index (κ1) is 14.3. The van der Waals surface area contributed by atoms with Crippen LogP contribution in [0.2, 0.25) is 0 Å². The van der Waals surface area contributed by atoms with E-state index in [0.29, 0.717) is 23.8 Å². The van der Waals surface area contributed by atoms with Gasteiger partial charge in [0.25, 0.3) is 0 Å². The summed E-state index contributed by atoms with van der Waals surface area (Å²) in [7, 11) is 0. The van der Waals surface area contributed by atoms with Crippen LogP contribution in [0.25, 0.3) is 0 Å². The number of carbonyl (C=O) groups excluding carboxylic acids is 1. The van der Waals surface area contributed by atoms with Crippen molar-refractivity contribution < 1.29 is 9.53 Å². The molecule has 0 aliphatic heterocycles. The third-order valence-corrected chi connectivity index (χ3v) is 3.58. The highest BCUT2D eigenvalue weighted by molar-refractivity contribution is 5.79. The Balaban J connectivity index is 2.13. The van der Waals surface area contributed by atoms with Crippen LogP contribution in [0.3, 0.4) is 0 Å². The zero-order valence-electron chi connectivity index (χ0n) is 12.0. The van der Waals surface area contributed by atoms with Crippen LogP contribution in [0.1, 0.15) is 47.7 Å². The fourth-order valence-electron chi connectivity index (χ4n) is 2.07. The van der Waals surface area contributed by atoms with Gasteiger partial charge in [-0.05, 0) is 35.6 Å². The summed E-state index contributed by atoms with van der Waals surface area (Å²) in [6, 6.07) is 15.8. The molecule has 0 fully saturated rings. The van der Waals surface area contributed by atoms with Gasteiger partial charge in [0, 0.05) is 0 Å². The van der Waals surface area contributed by atoms with E-state index in [4.69, 9.17) is 4.74 Å². The SMILES string of the molecule is CCC(C)c1ccc(OCc2ccccc2)c(C=O)c1. The maximum atomic E-state index is 11.2. The monoisotopic (exact) mass is 268 g/mol. The molecule has 2 nitrogen and oxygen atoms in total. The molecule has 0 aliphatic carbocycles. The van der Waals surface area contributed by atoms with Gasteiger partial charge in [-0.3, -0.25) is 4.79 Å². The molecule has 0 saturated heterocycles. The zero-order valence-corrected chi connectivity index (χ0v) is 12.0. The first-order valence-electron chi connectivity index (χ1n) is 7.00. The number of aldehydes is 1. The fourth-order valence-corrected chi connectivity index (χ4v) is 2.07. The Hall–Kier alpha value is -2.09. The summed E-state index contributed by atoms with van der Waals surface area (Å²) >= 11 is 0. The van der Waals surface area contributed by atoms with Gasteiger partial charge in [0.2, 0.25) is 0 Å². The predicted octanol–water partition coefficient (Wildman–Crippen LogP) is 4.59. The standard InChI is InChI=1S/C18H20O2/c1-3-14(2)16-9-10-18(17(11-16)12-19)20-13-15-7-5-4-6-8-15/h4-12,14H,3,13H2,1-2H3. The van der Waals surface area contributed by atoms with E-state index >= 15 is 0 Å². The summed E-state index contributed by atoms with van der Waals surface area (Å²) in [4.78, 5) is 11.2. The van der Waals surface area contributed by atoms with E-state index in [1.807, 2.05) is 48.5 Å². The molecule has 2 heteroatoms. The number of hydrogen-bond acceptors (Lipinski definition) is 2. The molecule has 2 aromatic rings. The minimum Gasteiger partial charge on any atom is -0.488 e. The van der Waals surface area contributed by atoms with Gasteiger partial charge in [-0.15, -0.1) is 0 Å².